The molecule has 0 saturated carbocycles. The lowest BCUT2D eigenvalue weighted by molar-refractivity contribution is -0.111. The van der Waals surface area contributed by atoms with Crippen LogP contribution in [0, 0.1) is 0 Å². The maximum atomic E-state index is 10.9. The van der Waals surface area contributed by atoms with Gasteiger partial charge in [0.1, 0.15) is 5.71 Å². The zero-order chi connectivity index (χ0) is 9.68. The molecule has 0 spiro atoms. The maximum Gasteiger partial charge on any atom is 0.177 e. The van der Waals surface area contributed by atoms with Gasteiger partial charge in [-0.05, 0) is 11.6 Å². The van der Waals surface area contributed by atoms with Crippen LogP contribution in [0.15, 0.2) is 29.7 Å². The van der Waals surface area contributed by atoms with Gasteiger partial charge in [-0.2, -0.15) is 0 Å². The van der Waals surface area contributed by atoms with Crippen LogP contribution in [0.1, 0.15) is 12.5 Å². The molecule has 0 amide bonds. The molecule has 4 nitrogen and oxygen atoms in total. The van der Waals surface area contributed by atoms with Gasteiger partial charge in [-0.15, -0.1) is 0 Å². The number of carbonyl (C=O) groups excluding carboxylic acids is 1. The van der Waals surface area contributed by atoms with E-state index in [-0.39, 0.29) is 11.5 Å². The summed E-state index contributed by atoms with van der Waals surface area (Å²) in [6.07, 6.45) is 3.60. The van der Waals surface area contributed by atoms with Crippen LogP contribution in [0.2, 0.25) is 0 Å². The molecule has 0 bridgehead atoms. The first-order chi connectivity index (χ1) is 6.24. The normalized spacial score (nSPS) is 11.3. The van der Waals surface area contributed by atoms with E-state index in [4.69, 9.17) is 5.21 Å². The van der Waals surface area contributed by atoms with E-state index in [0.29, 0.717) is 6.42 Å². The minimum atomic E-state index is -0.230. The van der Waals surface area contributed by atoms with Gasteiger partial charge in [0.25, 0.3) is 0 Å². The van der Waals surface area contributed by atoms with E-state index in [1.807, 2.05) is 6.07 Å². The molecule has 1 heterocycles. The van der Waals surface area contributed by atoms with E-state index in [2.05, 4.69) is 10.1 Å². The number of oxime groups is 1. The fourth-order valence-electron chi connectivity index (χ4n) is 0.926. The zero-order valence-corrected chi connectivity index (χ0v) is 7.27. The Bertz CT molecular complexity index is 320. The van der Waals surface area contributed by atoms with Gasteiger partial charge < -0.3 is 5.21 Å². The van der Waals surface area contributed by atoms with Crippen molar-refractivity contribution in [2.45, 2.75) is 13.3 Å². The number of nitrogens with zero attached hydrogens (tertiary/aromatic N) is 2. The van der Waals surface area contributed by atoms with Crippen molar-refractivity contribution < 1.29 is 10.0 Å². The number of hydrogen-bond acceptors (Lipinski definition) is 4. The quantitative estimate of drug-likeness (QED) is 0.427. The summed E-state index contributed by atoms with van der Waals surface area (Å²) in [6.45, 7) is 1.37. The number of ketones is 1. The number of pyridine rings is 1. The topological polar surface area (TPSA) is 62.5 Å². The predicted octanol–water partition coefficient (Wildman–Crippen LogP) is 1.04. The highest BCUT2D eigenvalue weighted by atomic mass is 16.4. The third-order valence-electron chi connectivity index (χ3n) is 1.62. The van der Waals surface area contributed by atoms with Crippen molar-refractivity contribution in [3.63, 3.8) is 0 Å². The molecule has 0 unspecified atom stereocenters. The van der Waals surface area contributed by atoms with Crippen molar-refractivity contribution in [1.82, 2.24) is 4.98 Å². The van der Waals surface area contributed by atoms with Crippen molar-refractivity contribution in [2.75, 3.05) is 0 Å². The fraction of sp³-hybridized carbons (Fsp3) is 0.222. The third kappa shape index (κ3) is 2.66. The summed E-state index contributed by atoms with van der Waals surface area (Å²) in [5.74, 6) is -0.230. The molecule has 0 radical (unpaired) electrons. The lowest BCUT2D eigenvalue weighted by atomic mass is 10.1. The molecule has 68 valence electrons. The van der Waals surface area contributed by atoms with Gasteiger partial charge in [-0.3, -0.25) is 9.78 Å². The van der Waals surface area contributed by atoms with Crippen LogP contribution in [-0.2, 0) is 11.2 Å². The summed E-state index contributed by atoms with van der Waals surface area (Å²) in [5.41, 5.74) is 0.999. The molecule has 0 aliphatic heterocycles. The second kappa shape index (κ2) is 4.35. The lowest BCUT2D eigenvalue weighted by Gasteiger charge is -1.98. The molecule has 0 aliphatic rings. The average Bonchev–Trinajstić information content (AvgIpc) is 2.15. The molecule has 13 heavy (non-hydrogen) atoms. The highest BCUT2D eigenvalue weighted by molar-refractivity contribution is 6.39. The minimum absolute atomic E-state index is 0.146. The SMILES string of the molecule is CC(=O)/C(Cc1cccnc1)=N/O. The predicted molar refractivity (Wildman–Crippen MR) is 47.8 cm³/mol. The smallest absolute Gasteiger partial charge is 0.177 e. The van der Waals surface area contributed by atoms with Crippen molar-refractivity contribution >= 4 is 11.5 Å². The van der Waals surface area contributed by atoms with E-state index < -0.39 is 0 Å². The van der Waals surface area contributed by atoms with Gasteiger partial charge in [0.15, 0.2) is 5.78 Å². The highest BCUT2D eigenvalue weighted by Gasteiger charge is 2.07. The largest absolute Gasteiger partial charge is 0.411 e. The Hall–Kier alpha value is -1.71. The van der Waals surface area contributed by atoms with Crippen LogP contribution >= 0.6 is 0 Å². The van der Waals surface area contributed by atoms with Crippen LogP contribution < -0.4 is 0 Å². The first-order valence-corrected chi connectivity index (χ1v) is 3.85. The summed E-state index contributed by atoms with van der Waals surface area (Å²) >= 11 is 0. The molecule has 0 aromatic carbocycles. The van der Waals surface area contributed by atoms with Crippen LogP contribution in [0.5, 0.6) is 0 Å². The number of rotatable bonds is 3. The molecule has 1 N–H and O–H groups in total. The van der Waals surface area contributed by atoms with E-state index in [1.165, 1.54) is 6.92 Å². The Kier molecular flexibility index (Phi) is 3.14. The molecular formula is C9H10N2O2. The van der Waals surface area contributed by atoms with E-state index in [0.717, 1.165) is 5.56 Å². The minimum Gasteiger partial charge on any atom is -0.411 e. The first kappa shape index (κ1) is 9.38. The molecule has 1 rings (SSSR count). The number of hydrogen-bond donors (Lipinski definition) is 1. The van der Waals surface area contributed by atoms with Crippen molar-refractivity contribution in [3.8, 4) is 0 Å². The van der Waals surface area contributed by atoms with E-state index >= 15 is 0 Å². The molecular weight excluding hydrogens is 168 g/mol. The zero-order valence-electron chi connectivity index (χ0n) is 7.27. The lowest BCUT2D eigenvalue weighted by Crippen LogP contribution is -2.13. The number of carbonyl (C=O) groups is 1. The Labute approximate surface area is 75.9 Å². The fourth-order valence-corrected chi connectivity index (χ4v) is 0.926. The van der Waals surface area contributed by atoms with Crippen molar-refractivity contribution in [3.05, 3.63) is 30.1 Å². The van der Waals surface area contributed by atoms with Crippen LogP contribution in [0.4, 0.5) is 0 Å². The summed E-state index contributed by atoms with van der Waals surface area (Å²) in [4.78, 5) is 14.8. The maximum absolute atomic E-state index is 10.9. The first-order valence-electron chi connectivity index (χ1n) is 3.85. The molecule has 1 aromatic heterocycles. The van der Waals surface area contributed by atoms with E-state index in [9.17, 15) is 4.79 Å². The van der Waals surface area contributed by atoms with Crippen LogP contribution in [-0.4, -0.2) is 21.7 Å². The number of Topliss-reactive ketones (excluding diaryl/α,β-unsaturated/α-hetero) is 1. The van der Waals surface area contributed by atoms with Crippen LogP contribution in [0.3, 0.4) is 0 Å². The molecule has 4 heteroatoms. The summed E-state index contributed by atoms with van der Waals surface area (Å²) in [5, 5.41) is 11.4. The number of aromatic nitrogens is 1. The second-order valence-electron chi connectivity index (χ2n) is 2.64. The summed E-state index contributed by atoms with van der Waals surface area (Å²) in [6, 6.07) is 3.59. The van der Waals surface area contributed by atoms with Gasteiger partial charge >= 0.3 is 0 Å². The Morgan fingerprint density at radius 3 is 2.92 bits per heavy atom. The molecule has 0 aliphatic carbocycles. The van der Waals surface area contributed by atoms with E-state index in [1.54, 1.807) is 18.5 Å². The Balaban J connectivity index is 2.74. The standard InChI is InChI=1S/C9H10N2O2/c1-7(12)9(11-13)5-8-3-2-4-10-6-8/h2-4,6,13H,5H2,1H3/b11-9+. The molecule has 0 atom stereocenters. The Morgan fingerprint density at radius 1 is 1.69 bits per heavy atom. The van der Waals surface area contributed by atoms with Crippen molar-refractivity contribution in [1.29, 1.82) is 0 Å². The highest BCUT2D eigenvalue weighted by Crippen LogP contribution is 1.99. The van der Waals surface area contributed by atoms with Crippen LogP contribution in [0.25, 0.3) is 0 Å². The van der Waals surface area contributed by atoms with Gasteiger partial charge in [0.2, 0.25) is 0 Å². The summed E-state index contributed by atoms with van der Waals surface area (Å²) < 4.78 is 0. The Morgan fingerprint density at radius 2 is 2.46 bits per heavy atom. The molecule has 0 fully saturated rings. The van der Waals surface area contributed by atoms with Gasteiger partial charge in [-0.1, -0.05) is 11.2 Å². The third-order valence-corrected chi connectivity index (χ3v) is 1.62. The van der Waals surface area contributed by atoms with Gasteiger partial charge in [-0.25, -0.2) is 0 Å². The van der Waals surface area contributed by atoms with Crippen molar-refractivity contribution in [2.24, 2.45) is 5.16 Å². The van der Waals surface area contributed by atoms with Gasteiger partial charge in [0.05, 0.1) is 0 Å². The van der Waals surface area contributed by atoms with Gasteiger partial charge in [0, 0.05) is 25.7 Å². The summed E-state index contributed by atoms with van der Waals surface area (Å²) in [7, 11) is 0. The monoisotopic (exact) mass is 178 g/mol. The molecule has 1 aromatic rings. The molecule has 0 saturated heterocycles. The average molecular weight is 178 g/mol. The second-order valence-corrected chi connectivity index (χ2v) is 2.64.